The minimum absolute atomic E-state index is 0.156. The Hall–Kier alpha value is -1.30. The molecule has 0 saturated heterocycles. The molecule has 0 aromatic heterocycles. The van der Waals surface area contributed by atoms with Crippen LogP contribution in [0.2, 0.25) is 0 Å². The Balaban J connectivity index is 3.11. The van der Waals surface area contributed by atoms with Crippen molar-refractivity contribution < 1.29 is 22.0 Å². The molecular weight excluding hydrogens is 238 g/mol. The summed E-state index contributed by atoms with van der Waals surface area (Å²) in [6.07, 6.45) is 0.912. The minimum Gasteiger partial charge on any atom is -0.293 e. The lowest BCUT2D eigenvalue weighted by Crippen LogP contribution is -2.26. The van der Waals surface area contributed by atoms with E-state index < -0.39 is 32.5 Å². The molecule has 0 N–H and O–H groups in total. The van der Waals surface area contributed by atoms with Crippen LogP contribution in [0.5, 0.6) is 0 Å². The third kappa shape index (κ3) is 2.63. The van der Waals surface area contributed by atoms with Crippen LogP contribution in [0.25, 0.3) is 0 Å². The molecule has 0 aliphatic heterocycles. The first-order valence-electron chi connectivity index (χ1n) is 4.41. The Morgan fingerprint density at radius 3 is 2.25 bits per heavy atom. The van der Waals surface area contributed by atoms with E-state index in [0.29, 0.717) is 6.07 Å². The normalized spacial score (nSPS) is 13.5. The summed E-state index contributed by atoms with van der Waals surface area (Å²) in [7, 11) is -3.54. The Morgan fingerprint density at radius 2 is 1.81 bits per heavy atom. The monoisotopic (exact) mass is 248 g/mol. The molecule has 0 bridgehead atoms. The molecule has 0 aliphatic rings. The first-order valence-corrected chi connectivity index (χ1v) is 6.37. The molecule has 0 saturated carbocycles. The molecule has 88 valence electrons. The standard InChI is InChI=1S/C10H10F2O3S/c1-6(16(2,14)15)10(13)7-3-4-8(11)9(12)5-7/h3-6H,1-2H3. The molecule has 0 amide bonds. The van der Waals surface area contributed by atoms with Crippen LogP contribution in [-0.2, 0) is 9.84 Å². The molecule has 1 unspecified atom stereocenters. The molecule has 0 aliphatic carbocycles. The van der Waals surface area contributed by atoms with E-state index in [2.05, 4.69) is 0 Å². The fourth-order valence-corrected chi connectivity index (χ4v) is 1.60. The topological polar surface area (TPSA) is 51.2 Å². The van der Waals surface area contributed by atoms with Gasteiger partial charge in [-0.05, 0) is 25.1 Å². The van der Waals surface area contributed by atoms with Gasteiger partial charge in [0, 0.05) is 11.8 Å². The van der Waals surface area contributed by atoms with E-state index in [4.69, 9.17) is 0 Å². The molecule has 3 nitrogen and oxygen atoms in total. The summed E-state index contributed by atoms with van der Waals surface area (Å²) in [6.45, 7) is 1.21. The van der Waals surface area contributed by atoms with Gasteiger partial charge in [0.15, 0.2) is 27.3 Å². The van der Waals surface area contributed by atoms with Gasteiger partial charge in [-0.25, -0.2) is 17.2 Å². The molecule has 6 heteroatoms. The fraction of sp³-hybridized carbons (Fsp3) is 0.300. The van der Waals surface area contributed by atoms with Gasteiger partial charge in [-0.15, -0.1) is 0 Å². The molecule has 0 radical (unpaired) electrons. The minimum atomic E-state index is -3.54. The number of carbonyl (C=O) groups excluding carboxylic acids is 1. The van der Waals surface area contributed by atoms with Gasteiger partial charge in [0.05, 0.1) is 0 Å². The average Bonchev–Trinajstić information content (AvgIpc) is 2.18. The van der Waals surface area contributed by atoms with Crippen molar-refractivity contribution in [3.63, 3.8) is 0 Å². The van der Waals surface area contributed by atoms with Crippen molar-refractivity contribution in [3.05, 3.63) is 35.4 Å². The van der Waals surface area contributed by atoms with Crippen molar-refractivity contribution in [1.29, 1.82) is 0 Å². The summed E-state index contributed by atoms with van der Waals surface area (Å²) in [5.74, 6) is -3.00. The maximum absolute atomic E-state index is 12.8. The summed E-state index contributed by atoms with van der Waals surface area (Å²) in [5, 5.41) is -1.27. The van der Waals surface area contributed by atoms with E-state index in [1.165, 1.54) is 6.92 Å². The molecule has 1 aromatic carbocycles. The molecule has 0 spiro atoms. The number of sulfone groups is 1. The van der Waals surface area contributed by atoms with Gasteiger partial charge < -0.3 is 0 Å². The van der Waals surface area contributed by atoms with Gasteiger partial charge in [0.2, 0.25) is 0 Å². The summed E-state index contributed by atoms with van der Waals surface area (Å²) < 4.78 is 47.6. The second-order valence-electron chi connectivity index (χ2n) is 3.46. The number of ketones is 1. The van der Waals surface area contributed by atoms with Crippen LogP contribution >= 0.6 is 0 Å². The van der Waals surface area contributed by atoms with Crippen LogP contribution in [0.1, 0.15) is 17.3 Å². The molecule has 0 fully saturated rings. The summed E-state index contributed by atoms with van der Waals surface area (Å²) in [4.78, 5) is 11.6. The number of halogens is 2. The zero-order chi connectivity index (χ0) is 12.5. The lowest BCUT2D eigenvalue weighted by Gasteiger charge is -2.08. The molecule has 0 heterocycles. The molecular formula is C10H10F2O3S. The smallest absolute Gasteiger partial charge is 0.180 e. The van der Waals surface area contributed by atoms with Crippen LogP contribution in [0.4, 0.5) is 8.78 Å². The van der Waals surface area contributed by atoms with E-state index in [9.17, 15) is 22.0 Å². The van der Waals surface area contributed by atoms with Crippen molar-refractivity contribution in [1.82, 2.24) is 0 Å². The van der Waals surface area contributed by atoms with Gasteiger partial charge in [0.25, 0.3) is 0 Å². The van der Waals surface area contributed by atoms with Crippen LogP contribution in [-0.4, -0.2) is 25.7 Å². The first kappa shape index (κ1) is 12.8. The van der Waals surface area contributed by atoms with E-state index in [1.807, 2.05) is 0 Å². The second kappa shape index (κ2) is 4.29. The predicted molar refractivity (Wildman–Crippen MR) is 55.0 cm³/mol. The third-order valence-electron chi connectivity index (χ3n) is 2.22. The molecule has 1 atom stereocenters. The van der Waals surface area contributed by atoms with E-state index >= 15 is 0 Å². The Labute approximate surface area is 92.0 Å². The largest absolute Gasteiger partial charge is 0.293 e. The Morgan fingerprint density at radius 1 is 1.25 bits per heavy atom. The number of Topliss-reactive ketones (excluding diaryl/α,β-unsaturated/α-hetero) is 1. The molecule has 16 heavy (non-hydrogen) atoms. The molecule has 1 aromatic rings. The molecule has 1 rings (SSSR count). The van der Waals surface area contributed by atoms with E-state index in [0.717, 1.165) is 18.4 Å². The van der Waals surface area contributed by atoms with Crippen LogP contribution in [0.15, 0.2) is 18.2 Å². The SMILES string of the molecule is CC(C(=O)c1ccc(F)c(F)c1)S(C)(=O)=O. The first-order chi connectivity index (χ1) is 7.23. The van der Waals surface area contributed by atoms with Crippen LogP contribution in [0, 0.1) is 11.6 Å². The second-order valence-corrected chi connectivity index (χ2v) is 5.83. The van der Waals surface area contributed by atoms with Crippen molar-refractivity contribution in [2.75, 3.05) is 6.26 Å². The number of rotatable bonds is 3. The van der Waals surface area contributed by atoms with Crippen molar-refractivity contribution in [2.45, 2.75) is 12.2 Å². The number of hydrogen-bond acceptors (Lipinski definition) is 3. The summed E-state index contributed by atoms with van der Waals surface area (Å²) >= 11 is 0. The highest BCUT2D eigenvalue weighted by Gasteiger charge is 2.25. The number of carbonyl (C=O) groups is 1. The van der Waals surface area contributed by atoms with E-state index in [-0.39, 0.29) is 5.56 Å². The summed E-state index contributed by atoms with van der Waals surface area (Å²) in [5.41, 5.74) is -0.156. The van der Waals surface area contributed by atoms with Crippen molar-refractivity contribution in [2.24, 2.45) is 0 Å². The van der Waals surface area contributed by atoms with Crippen molar-refractivity contribution in [3.8, 4) is 0 Å². The quantitative estimate of drug-likeness (QED) is 0.763. The van der Waals surface area contributed by atoms with Gasteiger partial charge >= 0.3 is 0 Å². The Bertz CT molecular complexity index is 523. The van der Waals surface area contributed by atoms with Gasteiger partial charge in [-0.3, -0.25) is 4.79 Å². The highest BCUT2D eigenvalue weighted by molar-refractivity contribution is 7.92. The average molecular weight is 248 g/mol. The maximum Gasteiger partial charge on any atom is 0.180 e. The lowest BCUT2D eigenvalue weighted by molar-refractivity contribution is 0.0991. The zero-order valence-corrected chi connectivity index (χ0v) is 9.51. The number of hydrogen-bond donors (Lipinski definition) is 0. The maximum atomic E-state index is 12.8. The van der Waals surface area contributed by atoms with Gasteiger partial charge in [0.1, 0.15) is 5.25 Å². The summed E-state index contributed by atoms with van der Waals surface area (Å²) in [6, 6.07) is 2.54. The van der Waals surface area contributed by atoms with Crippen LogP contribution < -0.4 is 0 Å². The van der Waals surface area contributed by atoms with E-state index in [1.54, 1.807) is 0 Å². The highest BCUT2D eigenvalue weighted by atomic mass is 32.2. The zero-order valence-electron chi connectivity index (χ0n) is 8.70. The predicted octanol–water partition coefficient (Wildman–Crippen LogP) is 1.58. The fourth-order valence-electron chi connectivity index (χ4n) is 1.08. The Kier molecular flexibility index (Phi) is 3.42. The van der Waals surface area contributed by atoms with Gasteiger partial charge in [-0.2, -0.15) is 0 Å². The third-order valence-corrected chi connectivity index (χ3v) is 3.71. The van der Waals surface area contributed by atoms with Crippen molar-refractivity contribution >= 4 is 15.6 Å². The highest BCUT2D eigenvalue weighted by Crippen LogP contribution is 2.13. The van der Waals surface area contributed by atoms with Gasteiger partial charge in [-0.1, -0.05) is 0 Å². The number of benzene rings is 1. The van der Waals surface area contributed by atoms with Crippen LogP contribution in [0.3, 0.4) is 0 Å². The lowest BCUT2D eigenvalue weighted by atomic mass is 10.1.